The van der Waals surface area contributed by atoms with Gasteiger partial charge in [-0.1, -0.05) is 37.3 Å². The highest BCUT2D eigenvalue weighted by molar-refractivity contribution is 5.91. The maximum absolute atomic E-state index is 11.9. The van der Waals surface area contributed by atoms with Gasteiger partial charge in [-0.2, -0.15) is 0 Å². The quantitative estimate of drug-likeness (QED) is 0.459. The first kappa shape index (κ1) is 24.3. The Hall–Kier alpha value is -3.39. The van der Waals surface area contributed by atoms with Gasteiger partial charge in [0, 0.05) is 31.7 Å². The van der Waals surface area contributed by atoms with E-state index in [4.69, 9.17) is 23.7 Å². The lowest BCUT2D eigenvalue weighted by molar-refractivity contribution is -0.226. The van der Waals surface area contributed by atoms with Gasteiger partial charge in [-0.15, -0.1) is 0 Å². The van der Waals surface area contributed by atoms with E-state index < -0.39 is 36.4 Å². The van der Waals surface area contributed by atoms with Crippen molar-refractivity contribution in [2.75, 3.05) is 13.7 Å². The smallest absolute Gasteiger partial charge is 0.337 e. The zero-order chi connectivity index (χ0) is 24.0. The summed E-state index contributed by atoms with van der Waals surface area (Å²) in [6, 6.07) is 14.5. The van der Waals surface area contributed by atoms with Gasteiger partial charge in [0.2, 0.25) is 6.29 Å². The number of carbonyl (C=O) groups excluding carboxylic acids is 3. The molecule has 3 rings (SSSR count). The fourth-order valence-electron chi connectivity index (χ4n) is 3.81. The Labute approximate surface area is 192 Å². The van der Waals surface area contributed by atoms with E-state index in [0.29, 0.717) is 17.7 Å². The number of methoxy groups -OCH3 is 1. The van der Waals surface area contributed by atoms with Crippen molar-refractivity contribution < 1.29 is 38.1 Å². The highest BCUT2D eigenvalue weighted by Crippen LogP contribution is 2.35. The molecule has 1 saturated heterocycles. The molecule has 2 aromatic carbocycles. The Balaban J connectivity index is 1.83. The molecule has 0 bridgehead atoms. The molecular weight excluding hydrogens is 428 g/mol. The number of carbonyl (C=O) groups is 3. The third-order valence-corrected chi connectivity index (χ3v) is 5.31. The second kappa shape index (κ2) is 11.0. The lowest BCUT2D eigenvalue weighted by atomic mass is 9.93. The molecule has 1 fully saturated rings. The van der Waals surface area contributed by atoms with E-state index in [9.17, 15) is 14.4 Å². The maximum atomic E-state index is 11.9. The standard InChI is InChI=1S/C25H28O8/c1-15-12-23(33-22(14-30-16(2)26)24(15)31-17(3)27)32-21-11-6-5-10-20(21)18-8-7-9-19(13-18)25(28)29-4/h5-11,13,15,22-24H,12,14H2,1-4H3/t15-,22-,23-,24-/m1/s1. The second-order valence-electron chi connectivity index (χ2n) is 7.88. The van der Waals surface area contributed by atoms with Crippen LogP contribution in [0.5, 0.6) is 5.75 Å². The van der Waals surface area contributed by atoms with Crippen molar-refractivity contribution in [2.45, 2.75) is 45.7 Å². The summed E-state index contributed by atoms with van der Waals surface area (Å²) in [6.45, 7) is 4.51. The molecule has 2 aromatic rings. The molecule has 0 saturated carbocycles. The molecular formula is C25H28O8. The number of ether oxygens (including phenoxy) is 5. The summed E-state index contributed by atoms with van der Waals surface area (Å²) in [5.41, 5.74) is 1.99. The van der Waals surface area contributed by atoms with Crippen molar-refractivity contribution in [3.63, 3.8) is 0 Å². The Bertz CT molecular complexity index is 1000. The minimum atomic E-state index is -0.665. The average Bonchev–Trinajstić information content (AvgIpc) is 2.79. The minimum absolute atomic E-state index is 0.0553. The third kappa shape index (κ3) is 6.32. The highest BCUT2D eigenvalue weighted by atomic mass is 16.7. The van der Waals surface area contributed by atoms with Crippen LogP contribution in [-0.2, 0) is 28.5 Å². The molecule has 1 aliphatic rings. The highest BCUT2D eigenvalue weighted by Gasteiger charge is 2.40. The number of hydrogen-bond acceptors (Lipinski definition) is 8. The maximum Gasteiger partial charge on any atom is 0.337 e. The molecule has 0 amide bonds. The Morgan fingerprint density at radius 1 is 1.03 bits per heavy atom. The Morgan fingerprint density at radius 3 is 2.48 bits per heavy atom. The average molecular weight is 456 g/mol. The normalized spacial score (nSPS) is 22.2. The topological polar surface area (TPSA) is 97.4 Å². The third-order valence-electron chi connectivity index (χ3n) is 5.31. The summed E-state index contributed by atoms with van der Waals surface area (Å²) in [5.74, 6) is -0.841. The summed E-state index contributed by atoms with van der Waals surface area (Å²) in [7, 11) is 1.34. The summed E-state index contributed by atoms with van der Waals surface area (Å²) < 4.78 is 27.6. The van der Waals surface area contributed by atoms with Crippen molar-refractivity contribution in [2.24, 2.45) is 5.92 Å². The summed E-state index contributed by atoms with van der Waals surface area (Å²) >= 11 is 0. The minimum Gasteiger partial charge on any atom is -0.465 e. The second-order valence-corrected chi connectivity index (χ2v) is 7.88. The van der Waals surface area contributed by atoms with Crippen LogP contribution in [0.2, 0.25) is 0 Å². The number of rotatable bonds is 7. The number of benzene rings is 2. The number of para-hydroxylation sites is 1. The first-order valence-electron chi connectivity index (χ1n) is 10.7. The Kier molecular flexibility index (Phi) is 8.06. The molecule has 176 valence electrons. The van der Waals surface area contributed by atoms with Crippen molar-refractivity contribution in [3.8, 4) is 16.9 Å². The van der Waals surface area contributed by atoms with Gasteiger partial charge < -0.3 is 23.7 Å². The van der Waals surface area contributed by atoms with E-state index >= 15 is 0 Å². The molecule has 0 radical (unpaired) electrons. The first-order valence-corrected chi connectivity index (χ1v) is 10.7. The van der Waals surface area contributed by atoms with E-state index in [2.05, 4.69) is 0 Å². The van der Waals surface area contributed by atoms with Gasteiger partial charge in [0.1, 0.15) is 24.6 Å². The van der Waals surface area contributed by atoms with Crippen molar-refractivity contribution >= 4 is 17.9 Å². The fraction of sp³-hybridized carbons (Fsp3) is 0.400. The van der Waals surface area contributed by atoms with Crippen LogP contribution >= 0.6 is 0 Å². The van der Waals surface area contributed by atoms with Crippen LogP contribution in [0.1, 0.15) is 37.6 Å². The van der Waals surface area contributed by atoms with E-state index in [1.54, 1.807) is 18.2 Å². The van der Waals surface area contributed by atoms with Crippen LogP contribution in [0, 0.1) is 5.92 Å². The molecule has 0 aromatic heterocycles. The van der Waals surface area contributed by atoms with Crippen LogP contribution in [0.4, 0.5) is 0 Å². The van der Waals surface area contributed by atoms with Crippen LogP contribution in [0.3, 0.4) is 0 Å². The van der Waals surface area contributed by atoms with Crippen molar-refractivity contribution in [1.29, 1.82) is 0 Å². The van der Waals surface area contributed by atoms with Gasteiger partial charge in [0.15, 0.2) is 0 Å². The molecule has 0 aliphatic carbocycles. The zero-order valence-electron chi connectivity index (χ0n) is 19.1. The van der Waals surface area contributed by atoms with Crippen molar-refractivity contribution in [1.82, 2.24) is 0 Å². The summed E-state index contributed by atoms with van der Waals surface area (Å²) in [4.78, 5) is 34.8. The van der Waals surface area contributed by atoms with Gasteiger partial charge in [0.25, 0.3) is 0 Å². The molecule has 0 N–H and O–H groups in total. The molecule has 8 heteroatoms. The predicted octanol–water partition coefficient (Wildman–Crippen LogP) is 3.76. The molecule has 0 unspecified atom stereocenters. The summed E-state index contributed by atoms with van der Waals surface area (Å²) in [5, 5.41) is 0. The van der Waals surface area contributed by atoms with Crippen molar-refractivity contribution in [3.05, 3.63) is 54.1 Å². The number of hydrogen-bond donors (Lipinski definition) is 0. The number of esters is 3. The van der Waals surface area contributed by atoms with Crippen LogP contribution < -0.4 is 4.74 Å². The van der Waals surface area contributed by atoms with Gasteiger partial charge >= 0.3 is 17.9 Å². The van der Waals surface area contributed by atoms with Gasteiger partial charge in [0.05, 0.1) is 12.7 Å². The molecule has 1 heterocycles. The largest absolute Gasteiger partial charge is 0.465 e. The zero-order valence-corrected chi connectivity index (χ0v) is 19.1. The van der Waals surface area contributed by atoms with Gasteiger partial charge in [-0.05, 0) is 23.8 Å². The van der Waals surface area contributed by atoms with E-state index in [0.717, 1.165) is 11.1 Å². The van der Waals surface area contributed by atoms with Crippen LogP contribution in [0.15, 0.2) is 48.5 Å². The SMILES string of the molecule is COC(=O)c1cccc(-c2ccccc2O[C@H]2C[C@@H](C)[C@@H](OC(C)=O)[C@@H](COC(C)=O)O2)c1. The lowest BCUT2D eigenvalue weighted by Crippen LogP contribution is -2.50. The molecule has 0 spiro atoms. The van der Waals surface area contributed by atoms with Gasteiger partial charge in [-0.3, -0.25) is 9.59 Å². The van der Waals surface area contributed by atoms with Crippen LogP contribution in [-0.4, -0.2) is 50.1 Å². The lowest BCUT2D eigenvalue weighted by Gasteiger charge is -2.39. The molecule has 1 aliphatic heterocycles. The molecule has 4 atom stereocenters. The van der Waals surface area contributed by atoms with E-state index in [1.165, 1.54) is 21.0 Å². The first-order chi connectivity index (χ1) is 15.8. The summed E-state index contributed by atoms with van der Waals surface area (Å²) in [6.07, 6.45) is -1.42. The van der Waals surface area contributed by atoms with Gasteiger partial charge in [-0.25, -0.2) is 4.79 Å². The van der Waals surface area contributed by atoms with E-state index in [1.807, 2.05) is 37.3 Å². The van der Waals surface area contributed by atoms with E-state index in [-0.39, 0.29) is 12.5 Å². The molecule has 33 heavy (non-hydrogen) atoms. The Morgan fingerprint density at radius 2 is 1.79 bits per heavy atom. The monoisotopic (exact) mass is 456 g/mol. The predicted molar refractivity (Wildman–Crippen MR) is 118 cm³/mol. The molecule has 8 nitrogen and oxygen atoms in total. The fourth-order valence-corrected chi connectivity index (χ4v) is 3.81. The van der Waals surface area contributed by atoms with Crippen LogP contribution in [0.25, 0.3) is 11.1 Å².